The van der Waals surface area contributed by atoms with Gasteiger partial charge in [-0.25, -0.2) is 0 Å². The maximum absolute atomic E-state index is 12.7. The van der Waals surface area contributed by atoms with Gasteiger partial charge in [-0.15, -0.1) is 0 Å². The van der Waals surface area contributed by atoms with Gasteiger partial charge in [0.1, 0.15) is 11.4 Å². The summed E-state index contributed by atoms with van der Waals surface area (Å²) in [7, 11) is 1.55. The molecule has 2 heterocycles. The molecule has 0 bridgehead atoms. The average Bonchev–Trinajstić information content (AvgIpc) is 2.87. The summed E-state index contributed by atoms with van der Waals surface area (Å²) in [5.74, 6) is 0.714. The molecule has 4 nitrogen and oxygen atoms in total. The zero-order valence-electron chi connectivity index (χ0n) is 16.4. The van der Waals surface area contributed by atoms with Crippen molar-refractivity contribution < 1.29 is 14.3 Å². The summed E-state index contributed by atoms with van der Waals surface area (Å²) >= 11 is 0. The number of benzene rings is 2. The molecular weight excluding hydrogens is 338 g/mol. The van der Waals surface area contributed by atoms with Crippen molar-refractivity contribution in [1.82, 2.24) is 0 Å². The van der Waals surface area contributed by atoms with Crippen LogP contribution in [0.4, 0.5) is 5.69 Å². The molecule has 2 aliphatic heterocycles. The summed E-state index contributed by atoms with van der Waals surface area (Å²) in [6.45, 7) is 7.91. The summed E-state index contributed by atoms with van der Waals surface area (Å²) < 4.78 is 11.8. The predicted molar refractivity (Wildman–Crippen MR) is 107 cm³/mol. The van der Waals surface area contributed by atoms with Crippen molar-refractivity contribution in [2.45, 2.75) is 44.4 Å². The first-order valence-electron chi connectivity index (χ1n) is 9.20. The third kappa shape index (κ3) is 2.51. The van der Waals surface area contributed by atoms with Crippen LogP contribution in [-0.2, 0) is 10.2 Å². The quantitative estimate of drug-likeness (QED) is 0.796. The molecule has 27 heavy (non-hydrogen) atoms. The first kappa shape index (κ1) is 17.8. The lowest BCUT2D eigenvalue weighted by molar-refractivity contribution is 0.0228. The molecule has 0 aliphatic carbocycles. The molecule has 2 aromatic rings. The molecule has 2 aliphatic rings. The number of methoxy groups -OCH3 is 1. The maximum Gasteiger partial charge on any atom is 0.209 e. The number of ether oxygens (including phenoxy) is 2. The van der Waals surface area contributed by atoms with Crippen LogP contribution >= 0.6 is 0 Å². The normalized spacial score (nSPS) is 22.0. The minimum atomic E-state index is -0.856. The van der Waals surface area contributed by atoms with E-state index >= 15 is 0 Å². The van der Waals surface area contributed by atoms with Crippen molar-refractivity contribution in [2.24, 2.45) is 0 Å². The Hall–Kier alpha value is -2.59. The van der Waals surface area contributed by atoms with Crippen molar-refractivity contribution in [3.63, 3.8) is 0 Å². The standard InChI is InChI=1S/C23H25NO3/c1-21(2)17-8-6-7-9-18(17)24-23(21)13-12-15-14-16(10-11-19(15)27-23)20(25)22(3,4)26-5/h6-14,24H,1-5H3. The third-order valence-corrected chi connectivity index (χ3v) is 5.95. The highest BCUT2D eigenvalue weighted by molar-refractivity contribution is 6.02. The Labute approximate surface area is 160 Å². The maximum atomic E-state index is 12.7. The second-order valence-corrected chi connectivity index (χ2v) is 8.26. The average molecular weight is 363 g/mol. The number of hydrogen-bond acceptors (Lipinski definition) is 4. The fraction of sp³-hybridized carbons (Fsp3) is 0.348. The summed E-state index contributed by atoms with van der Waals surface area (Å²) in [6, 6.07) is 13.8. The van der Waals surface area contributed by atoms with Crippen LogP contribution in [0.3, 0.4) is 0 Å². The number of nitrogens with one attached hydrogen (secondary N) is 1. The molecule has 1 N–H and O–H groups in total. The Morgan fingerprint density at radius 3 is 2.59 bits per heavy atom. The van der Waals surface area contributed by atoms with E-state index in [0.717, 1.165) is 17.0 Å². The molecule has 1 spiro atoms. The lowest BCUT2D eigenvalue weighted by atomic mass is 9.76. The van der Waals surface area contributed by atoms with Gasteiger partial charge in [-0.05, 0) is 69.7 Å². The van der Waals surface area contributed by atoms with Gasteiger partial charge in [0, 0.05) is 23.9 Å². The smallest absolute Gasteiger partial charge is 0.209 e. The molecule has 0 fully saturated rings. The summed E-state index contributed by atoms with van der Waals surface area (Å²) in [5, 5.41) is 3.56. The number of carbonyl (C=O) groups is 1. The van der Waals surface area contributed by atoms with E-state index in [-0.39, 0.29) is 11.2 Å². The SMILES string of the molecule is COC(C)(C)C(=O)c1ccc2c(c1)C=CC1(Nc3ccccc3C1(C)C)O2. The van der Waals surface area contributed by atoms with Crippen molar-refractivity contribution >= 4 is 17.5 Å². The molecular formula is C23H25NO3. The second kappa shape index (κ2) is 5.70. The van der Waals surface area contributed by atoms with Gasteiger partial charge in [0.25, 0.3) is 0 Å². The molecule has 4 heteroatoms. The van der Waals surface area contributed by atoms with E-state index in [1.165, 1.54) is 5.56 Å². The van der Waals surface area contributed by atoms with Crippen LogP contribution in [0.2, 0.25) is 0 Å². The van der Waals surface area contributed by atoms with Gasteiger partial charge in [0.15, 0.2) is 5.78 Å². The topological polar surface area (TPSA) is 47.6 Å². The number of para-hydroxylation sites is 1. The fourth-order valence-corrected chi connectivity index (χ4v) is 3.86. The van der Waals surface area contributed by atoms with E-state index in [9.17, 15) is 4.79 Å². The van der Waals surface area contributed by atoms with Gasteiger partial charge in [0.2, 0.25) is 5.72 Å². The number of fused-ring (bicyclic) bond motifs is 2. The Morgan fingerprint density at radius 2 is 1.89 bits per heavy atom. The predicted octanol–water partition coefficient (Wildman–Crippen LogP) is 4.80. The van der Waals surface area contributed by atoms with Gasteiger partial charge in [-0.2, -0.15) is 0 Å². The van der Waals surface area contributed by atoms with E-state index in [1.54, 1.807) is 21.0 Å². The molecule has 0 radical (unpaired) electrons. The molecule has 2 aromatic carbocycles. The Morgan fingerprint density at radius 1 is 1.15 bits per heavy atom. The van der Waals surface area contributed by atoms with Crippen LogP contribution in [0.15, 0.2) is 48.5 Å². The number of rotatable bonds is 3. The Bertz CT molecular complexity index is 958. The molecule has 140 valence electrons. The largest absolute Gasteiger partial charge is 0.463 e. The molecule has 0 saturated carbocycles. The highest BCUT2D eigenvalue weighted by Crippen LogP contribution is 2.50. The van der Waals surface area contributed by atoms with Gasteiger partial charge in [-0.3, -0.25) is 4.79 Å². The lowest BCUT2D eigenvalue weighted by Crippen LogP contribution is -2.53. The van der Waals surface area contributed by atoms with Gasteiger partial charge >= 0.3 is 0 Å². The van der Waals surface area contributed by atoms with E-state index in [0.29, 0.717) is 5.56 Å². The summed E-state index contributed by atoms with van der Waals surface area (Å²) in [6.07, 6.45) is 4.10. The van der Waals surface area contributed by atoms with Crippen molar-refractivity contribution in [3.8, 4) is 5.75 Å². The van der Waals surface area contributed by atoms with Crippen LogP contribution in [0.5, 0.6) is 5.75 Å². The van der Waals surface area contributed by atoms with Gasteiger partial charge in [-0.1, -0.05) is 18.2 Å². The van der Waals surface area contributed by atoms with Crippen LogP contribution < -0.4 is 10.1 Å². The minimum Gasteiger partial charge on any atom is -0.463 e. The van der Waals surface area contributed by atoms with E-state index in [1.807, 2.05) is 30.3 Å². The van der Waals surface area contributed by atoms with Crippen LogP contribution in [0.25, 0.3) is 6.08 Å². The first-order valence-corrected chi connectivity index (χ1v) is 9.20. The van der Waals surface area contributed by atoms with Crippen LogP contribution in [-0.4, -0.2) is 24.2 Å². The number of carbonyl (C=O) groups excluding carboxylic acids is 1. The second-order valence-electron chi connectivity index (χ2n) is 8.26. The number of ketones is 1. The van der Waals surface area contributed by atoms with Gasteiger partial charge < -0.3 is 14.8 Å². The van der Waals surface area contributed by atoms with Crippen molar-refractivity contribution in [3.05, 3.63) is 65.2 Å². The third-order valence-electron chi connectivity index (χ3n) is 5.95. The van der Waals surface area contributed by atoms with E-state index in [4.69, 9.17) is 9.47 Å². The van der Waals surface area contributed by atoms with E-state index < -0.39 is 11.3 Å². The molecule has 0 aromatic heterocycles. The number of hydrogen-bond donors (Lipinski definition) is 1. The molecule has 0 saturated heterocycles. The highest BCUT2D eigenvalue weighted by atomic mass is 16.5. The zero-order valence-corrected chi connectivity index (χ0v) is 16.4. The summed E-state index contributed by atoms with van der Waals surface area (Å²) in [5.41, 5.74) is 2.08. The highest BCUT2D eigenvalue weighted by Gasteiger charge is 2.54. The Balaban J connectivity index is 1.71. The first-order chi connectivity index (χ1) is 12.7. The minimum absolute atomic E-state index is 0.0480. The number of Topliss-reactive ketones (excluding diaryl/α,β-unsaturated/α-hetero) is 1. The molecule has 1 unspecified atom stereocenters. The summed E-state index contributed by atoms with van der Waals surface area (Å²) in [4.78, 5) is 12.7. The molecule has 1 atom stereocenters. The lowest BCUT2D eigenvalue weighted by Gasteiger charge is -2.41. The van der Waals surface area contributed by atoms with Gasteiger partial charge in [0.05, 0.1) is 5.41 Å². The van der Waals surface area contributed by atoms with Crippen LogP contribution in [0.1, 0.15) is 49.2 Å². The van der Waals surface area contributed by atoms with Crippen LogP contribution in [0, 0.1) is 0 Å². The van der Waals surface area contributed by atoms with E-state index in [2.05, 4.69) is 43.4 Å². The Kier molecular flexibility index (Phi) is 3.76. The van der Waals surface area contributed by atoms with Crippen molar-refractivity contribution in [1.29, 1.82) is 0 Å². The monoisotopic (exact) mass is 363 g/mol. The number of anilines is 1. The van der Waals surface area contributed by atoms with Crippen molar-refractivity contribution in [2.75, 3.05) is 12.4 Å². The molecule has 0 amide bonds. The zero-order chi connectivity index (χ0) is 19.4. The molecule has 4 rings (SSSR count). The fourth-order valence-electron chi connectivity index (χ4n) is 3.86.